The first kappa shape index (κ1) is 20.1. The van der Waals surface area contributed by atoms with Gasteiger partial charge in [-0.3, -0.25) is 19.7 Å². The van der Waals surface area contributed by atoms with E-state index in [1.807, 2.05) is 0 Å². The summed E-state index contributed by atoms with van der Waals surface area (Å²) in [6, 6.07) is 9.25. The summed E-state index contributed by atoms with van der Waals surface area (Å²) < 4.78 is 24.8. The van der Waals surface area contributed by atoms with Crippen LogP contribution in [0.5, 0.6) is 5.75 Å². The van der Waals surface area contributed by atoms with Gasteiger partial charge in [0, 0.05) is 12.1 Å². The van der Waals surface area contributed by atoms with Gasteiger partial charge in [0.25, 0.3) is 11.6 Å². The molecule has 0 saturated carbocycles. The summed E-state index contributed by atoms with van der Waals surface area (Å²) in [6.45, 7) is -0.627. The number of halogens is 1. The molecule has 29 heavy (non-hydrogen) atoms. The second-order valence-corrected chi connectivity index (χ2v) is 6.71. The monoisotopic (exact) mass is 419 g/mol. The highest BCUT2D eigenvalue weighted by Crippen LogP contribution is 2.23. The third-order valence-electron chi connectivity index (χ3n) is 3.79. The lowest BCUT2D eigenvalue weighted by Gasteiger charge is -2.04. The zero-order chi connectivity index (χ0) is 21.0. The summed E-state index contributed by atoms with van der Waals surface area (Å²) in [5.41, 5.74) is 0.374. The number of nitrogens with zero attached hydrogens (tertiary/aromatic N) is 3. The number of fused-ring (bicyclic) bond motifs is 1. The SMILES string of the molecule is COC(=O)Cn1c(=NC(=O)COc2ccc(F)cc2)sc2cc([N+](=O)[O-])ccc21. The van der Waals surface area contributed by atoms with Crippen LogP contribution in [0.1, 0.15) is 0 Å². The van der Waals surface area contributed by atoms with Crippen molar-refractivity contribution in [2.75, 3.05) is 13.7 Å². The highest BCUT2D eigenvalue weighted by molar-refractivity contribution is 7.16. The minimum absolute atomic E-state index is 0.124. The number of hydrogen-bond donors (Lipinski definition) is 0. The summed E-state index contributed by atoms with van der Waals surface area (Å²) in [5.74, 6) is -1.35. The van der Waals surface area contributed by atoms with Gasteiger partial charge in [0.15, 0.2) is 11.4 Å². The summed E-state index contributed by atoms with van der Waals surface area (Å²) >= 11 is 1.02. The van der Waals surface area contributed by atoms with Crippen LogP contribution in [-0.2, 0) is 20.9 Å². The Bertz CT molecular complexity index is 1150. The first-order valence-electron chi connectivity index (χ1n) is 8.18. The topological polar surface area (TPSA) is 113 Å². The molecule has 0 atom stereocenters. The molecule has 0 radical (unpaired) electrons. The summed E-state index contributed by atoms with van der Waals surface area (Å²) in [5, 5.41) is 11.0. The lowest BCUT2D eigenvalue weighted by Crippen LogP contribution is -2.23. The molecule has 3 aromatic rings. The van der Waals surface area contributed by atoms with Crippen LogP contribution in [0.3, 0.4) is 0 Å². The Hall–Kier alpha value is -3.60. The Morgan fingerprint density at radius 3 is 2.62 bits per heavy atom. The number of thiazole rings is 1. The van der Waals surface area contributed by atoms with Crippen LogP contribution < -0.4 is 9.54 Å². The van der Waals surface area contributed by atoms with E-state index in [9.17, 15) is 24.1 Å². The lowest BCUT2D eigenvalue weighted by atomic mass is 10.3. The molecular formula is C18H14FN3O6S. The van der Waals surface area contributed by atoms with Crippen LogP contribution in [0, 0.1) is 15.9 Å². The van der Waals surface area contributed by atoms with E-state index in [0.717, 1.165) is 11.3 Å². The van der Waals surface area contributed by atoms with Crippen molar-refractivity contribution in [3.8, 4) is 5.75 Å². The molecule has 1 amide bonds. The van der Waals surface area contributed by atoms with Gasteiger partial charge in [0.1, 0.15) is 18.1 Å². The number of hydrogen-bond acceptors (Lipinski definition) is 7. The summed E-state index contributed by atoms with van der Waals surface area (Å²) in [6.07, 6.45) is 0. The average molecular weight is 419 g/mol. The van der Waals surface area contributed by atoms with Gasteiger partial charge in [0.05, 0.1) is 22.2 Å². The van der Waals surface area contributed by atoms with Crippen LogP contribution in [0.15, 0.2) is 47.5 Å². The number of aromatic nitrogens is 1. The molecule has 0 N–H and O–H groups in total. The van der Waals surface area contributed by atoms with Crippen LogP contribution in [0.2, 0.25) is 0 Å². The second kappa shape index (κ2) is 8.61. The molecule has 2 aromatic carbocycles. The van der Waals surface area contributed by atoms with Crippen LogP contribution in [-0.4, -0.2) is 35.1 Å². The van der Waals surface area contributed by atoms with Crippen molar-refractivity contribution in [1.82, 2.24) is 4.57 Å². The number of rotatable bonds is 6. The summed E-state index contributed by atoms with van der Waals surface area (Å²) in [4.78, 5) is 38.5. The Labute approximate surface area is 166 Å². The molecule has 9 nitrogen and oxygen atoms in total. The zero-order valence-electron chi connectivity index (χ0n) is 15.0. The number of methoxy groups -OCH3 is 1. The van der Waals surface area contributed by atoms with Gasteiger partial charge >= 0.3 is 5.97 Å². The number of nitro benzene ring substituents is 1. The molecule has 0 saturated heterocycles. The molecule has 0 aliphatic rings. The number of benzene rings is 2. The third kappa shape index (κ3) is 4.82. The molecule has 1 heterocycles. The van der Waals surface area contributed by atoms with E-state index < -0.39 is 29.2 Å². The molecule has 0 fully saturated rings. The molecular weight excluding hydrogens is 405 g/mol. The number of ether oxygens (including phenoxy) is 2. The second-order valence-electron chi connectivity index (χ2n) is 5.70. The molecule has 11 heteroatoms. The van der Waals surface area contributed by atoms with E-state index in [1.165, 1.54) is 54.1 Å². The maximum atomic E-state index is 12.9. The highest BCUT2D eigenvalue weighted by Gasteiger charge is 2.15. The van der Waals surface area contributed by atoms with E-state index in [1.54, 1.807) is 0 Å². The fraction of sp³-hybridized carbons (Fsp3) is 0.167. The normalized spacial score (nSPS) is 11.4. The van der Waals surface area contributed by atoms with E-state index in [-0.39, 0.29) is 17.0 Å². The highest BCUT2D eigenvalue weighted by atomic mass is 32.1. The maximum absolute atomic E-state index is 12.9. The Kier molecular flexibility index (Phi) is 5.98. The molecule has 0 bridgehead atoms. The quantitative estimate of drug-likeness (QED) is 0.345. The Balaban J connectivity index is 1.93. The van der Waals surface area contributed by atoms with E-state index in [2.05, 4.69) is 9.73 Å². The first-order valence-corrected chi connectivity index (χ1v) is 8.99. The number of carbonyl (C=O) groups excluding carboxylic acids is 2. The van der Waals surface area contributed by atoms with Crippen LogP contribution in [0.25, 0.3) is 10.2 Å². The largest absolute Gasteiger partial charge is 0.484 e. The van der Waals surface area contributed by atoms with Crippen molar-refractivity contribution in [3.05, 3.63) is 63.2 Å². The van der Waals surface area contributed by atoms with Gasteiger partial charge in [0.2, 0.25) is 0 Å². The number of amides is 1. The smallest absolute Gasteiger partial charge is 0.325 e. The first-order chi connectivity index (χ1) is 13.9. The van der Waals surface area contributed by atoms with Gasteiger partial charge in [-0.15, -0.1) is 0 Å². The van der Waals surface area contributed by atoms with Crippen molar-refractivity contribution < 1.29 is 28.4 Å². The molecule has 0 spiro atoms. The number of carbonyl (C=O) groups is 2. The fourth-order valence-corrected chi connectivity index (χ4v) is 3.50. The predicted octanol–water partition coefficient (Wildman–Crippen LogP) is 2.43. The van der Waals surface area contributed by atoms with E-state index in [0.29, 0.717) is 16.0 Å². The standard InChI is InChI=1S/C18H14FN3O6S/c1-27-17(24)9-21-14-7-4-12(22(25)26)8-15(14)29-18(21)20-16(23)10-28-13-5-2-11(19)3-6-13/h2-8H,9-10H2,1H3. The third-order valence-corrected chi connectivity index (χ3v) is 4.83. The van der Waals surface area contributed by atoms with Gasteiger partial charge in [-0.25, -0.2) is 4.39 Å². The molecule has 0 aliphatic heterocycles. The predicted molar refractivity (Wildman–Crippen MR) is 101 cm³/mol. The van der Waals surface area contributed by atoms with Gasteiger partial charge < -0.3 is 14.0 Å². The molecule has 0 unspecified atom stereocenters. The average Bonchev–Trinajstić information content (AvgIpc) is 3.03. The minimum atomic E-state index is -0.644. The van der Waals surface area contributed by atoms with Crippen molar-refractivity contribution in [3.63, 3.8) is 0 Å². The fourth-order valence-electron chi connectivity index (χ4n) is 2.42. The molecule has 150 valence electrons. The summed E-state index contributed by atoms with van der Waals surface area (Å²) in [7, 11) is 1.22. The number of esters is 1. The van der Waals surface area contributed by atoms with Crippen LogP contribution >= 0.6 is 11.3 Å². The van der Waals surface area contributed by atoms with E-state index in [4.69, 9.17) is 4.74 Å². The number of nitro groups is 1. The zero-order valence-corrected chi connectivity index (χ0v) is 15.8. The van der Waals surface area contributed by atoms with Gasteiger partial charge in [-0.05, 0) is 30.3 Å². The number of non-ortho nitro benzene ring substituents is 1. The Morgan fingerprint density at radius 1 is 1.24 bits per heavy atom. The van der Waals surface area contributed by atoms with Gasteiger partial charge in [-0.1, -0.05) is 11.3 Å². The van der Waals surface area contributed by atoms with Crippen molar-refractivity contribution in [2.24, 2.45) is 4.99 Å². The Morgan fingerprint density at radius 2 is 1.97 bits per heavy atom. The van der Waals surface area contributed by atoms with Crippen molar-refractivity contribution in [1.29, 1.82) is 0 Å². The molecule has 3 rings (SSSR count). The van der Waals surface area contributed by atoms with Gasteiger partial charge in [-0.2, -0.15) is 4.99 Å². The lowest BCUT2D eigenvalue weighted by molar-refractivity contribution is -0.384. The van der Waals surface area contributed by atoms with Crippen LogP contribution in [0.4, 0.5) is 10.1 Å². The maximum Gasteiger partial charge on any atom is 0.325 e. The van der Waals surface area contributed by atoms with E-state index >= 15 is 0 Å². The molecule has 1 aromatic heterocycles. The minimum Gasteiger partial charge on any atom is -0.484 e. The molecule has 0 aliphatic carbocycles. The van der Waals surface area contributed by atoms with Crippen molar-refractivity contribution in [2.45, 2.75) is 6.54 Å². The van der Waals surface area contributed by atoms with Crippen molar-refractivity contribution >= 4 is 39.1 Å².